The van der Waals surface area contributed by atoms with Crippen LogP contribution in [0.4, 0.5) is 0 Å². The van der Waals surface area contributed by atoms with Gasteiger partial charge in [0.25, 0.3) is 5.91 Å². The molecule has 5 heteroatoms. The van der Waals surface area contributed by atoms with Crippen LogP contribution in [0, 0.1) is 47.3 Å². The highest BCUT2D eigenvalue weighted by Gasteiger charge is 2.84. The Morgan fingerprint density at radius 2 is 1.89 bits per heavy atom. The number of carbonyl (C=O) groups is 1. The number of fused-ring (bicyclic) bond motifs is 2. The number of amides is 1. The van der Waals surface area contributed by atoms with Crippen LogP contribution in [0.15, 0.2) is 10.7 Å². The van der Waals surface area contributed by atoms with Gasteiger partial charge in [-0.15, -0.1) is 0 Å². The molecule has 5 nitrogen and oxygen atoms in total. The lowest BCUT2D eigenvalue weighted by Gasteiger charge is -2.51. The maximum atomic E-state index is 12.7. The summed E-state index contributed by atoms with van der Waals surface area (Å²) in [5.74, 6) is 6.54. The Kier molecular flexibility index (Phi) is 2.86. The van der Waals surface area contributed by atoms with E-state index in [1.54, 1.807) is 0 Å². The topological polar surface area (TPSA) is 75.4 Å². The number of rotatable bonds is 4. The average molecular weight is 368 g/mol. The zero-order chi connectivity index (χ0) is 17.9. The summed E-state index contributed by atoms with van der Waals surface area (Å²) in [6.45, 7) is 0.395. The highest BCUT2D eigenvalue weighted by atomic mass is 16.3. The molecular weight excluding hydrogens is 340 g/mol. The van der Waals surface area contributed by atoms with Gasteiger partial charge in [0.2, 0.25) is 0 Å². The molecule has 2 N–H and O–H groups in total. The largest absolute Gasteiger partial charge is 0.448 e. The number of carbonyl (C=O) groups excluding carboxylic acids is 1. The number of hydrogen-bond acceptors (Lipinski definition) is 4. The first-order chi connectivity index (χ1) is 13.2. The van der Waals surface area contributed by atoms with Gasteiger partial charge in [-0.25, -0.2) is 4.98 Å². The smallest absolute Gasteiger partial charge is 0.273 e. The minimum absolute atomic E-state index is 0.187. The zero-order valence-electron chi connectivity index (χ0n) is 15.6. The Bertz CT molecular complexity index is 808. The van der Waals surface area contributed by atoms with Crippen LogP contribution in [0.2, 0.25) is 0 Å². The van der Waals surface area contributed by atoms with Gasteiger partial charge in [-0.1, -0.05) is 19.3 Å². The molecule has 0 aliphatic heterocycles. The van der Waals surface area contributed by atoms with E-state index in [0.29, 0.717) is 30.0 Å². The molecule has 144 valence electrons. The van der Waals surface area contributed by atoms with Crippen molar-refractivity contribution in [2.45, 2.75) is 56.5 Å². The minimum Gasteiger partial charge on any atom is -0.448 e. The van der Waals surface area contributed by atoms with E-state index in [4.69, 9.17) is 4.42 Å². The molecule has 1 aromatic heterocycles. The van der Waals surface area contributed by atoms with Gasteiger partial charge < -0.3 is 14.8 Å². The molecule has 0 saturated heterocycles. The summed E-state index contributed by atoms with van der Waals surface area (Å²) in [5.41, 5.74) is -0.294. The SMILES string of the molecule is O=C(NCC1(O)C2C3CC4C5C3CC2C5C41)c1coc(C2CCCCC2)n1. The van der Waals surface area contributed by atoms with Crippen LogP contribution in [0.1, 0.15) is 67.2 Å². The predicted octanol–water partition coefficient (Wildman–Crippen LogP) is 2.96. The average Bonchev–Trinajstić information content (AvgIpc) is 3.37. The first kappa shape index (κ1) is 15.5. The maximum Gasteiger partial charge on any atom is 0.273 e. The van der Waals surface area contributed by atoms with Crippen LogP contribution in [-0.4, -0.2) is 28.1 Å². The Morgan fingerprint density at radius 3 is 2.74 bits per heavy atom. The summed E-state index contributed by atoms with van der Waals surface area (Å²) in [7, 11) is 0. The van der Waals surface area contributed by atoms with Crippen LogP contribution in [0.3, 0.4) is 0 Å². The van der Waals surface area contributed by atoms with Crippen molar-refractivity contribution in [3.05, 3.63) is 17.8 Å². The number of nitrogens with one attached hydrogen (secondary N) is 1. The van der Waals surface area contributed by atoms with Gasteiger partial charge in [0.05, 0.1) is 5.60 Å². The predicted molar refractivity (Wildman–Crippen MR) is 96.8 cm³/mol. The summed E-state index contributed by atoms with van der Waals surface area (Å²) < 4.78 is 5.63. The second-order valence-corrected chi connectivity index (χ2v) is 10.4. The molecule has 9 atom stereocenters. The Morgan fingerprint density at radius 1 is 1.11 bits per heavy atom. The van der Waals surface area contributed by atoms with Gasteiger partial charge >= 0.3 is 0 Å². The normalized spacial score (nSPS) is 51.1. The van der Waals surface area contributed by atoms with Gasteiger partial charge in [-0.3, -0.25) is 4.79 Å². The van der Waals surface area contributed by atoms with Crippen LogP contribution in [-0.2, 0) is 0 Å². The summed E-state index contributed by atoms with van der Waals surface area (Å²) in [6.07, 6.45) is 10.1. The minimum atomic E-state index is -0.670. The van der Waals surface area contributed by atoms with Crippen LogP contribution < -0.4 is 5.32 Å². The lowest BCUT2D eigenvalue weighted by Crippen LogP contribution is -2.59. The van der Waals surface area contributed by atoms with Crippen molar-refractivity contribution < 1.29 is 14.3 Å². The molecule has 2 bridgehead atoms. The fourth-order valence-electron chi connectivity index (χ4n) is 9.20. The number of aliphatic hydroxyl groups is 1. The zero-order valence-corrected chi connectivity index (χ0v) is 15.6. The van der Waals surface area contributed by atoms with E-state index in [-0.39, 0.29) is 5.91 Å². The Hall–Kier alpha value is -1.36. The van der Waals surface area contributed by atoms with Gasteiger partial charge in [0.1, 0.15) is 6.26 Å². The van der Waals surface area contributed by atoms with Crippen molar-refractivity contribution >= 4 is 5.91 Å². The van der Waals surface area contributed by atoms with Crippen LogP contribution in [0.25, 0.3) is 0 Å². The maximum absolute atomic E-state index is 12.7. The first-order valence-corrected chi connectivity index (χ1v) is 11.1. The monoisotopic (exact) mass is 368 g/mol. The Balaban J connectivity index is 1.07. The van der Waals surface area contributed by atoms with Crippen LogP contribution >= 0.6 is 0 Å². The van der Waals surface area contributed by atoms with Crippen molar-refractivity contribution in [2.75, 3.05) is 6.54 Å². The molecule has 0 aromatic carbocycles. The molecule has 1 aromatic rings. The molecule has 6 aliphatic carbocycles. The number of hydrogen-bond donors (Lipinski definition) is 2. The summed E-state index contributed by atoms with van der Waals surface area (Å²) in [5, 5.41) is 14.6. The highest BCUT2D eigenvalue weighted by Crippen LogP contribution is 2.85. The molecule has 7 rings (SSSR count). The summed E-state index contributed by atoms with van der Waals surface area (Å²) in [6, 6.07) is 0. The third kappa shape index (κ3) is 1.72. The van der Waals surface area contributed by atoms with E-state index in [1.165, 1.54) is 38.4 Å². The second-order valence-electron chi connectivity index (χ2n) is 10.4. The van der Waals surface area contributed by atoms with Crippen molar-refractivity contribution in [3.8, 4) is 0 Å². The Labute approximate surface area is 159 Å². The number of nitrogens with zero attached hydrogens (tertiary/aromatic N) is 1. The molecule has 0 radical (unpaired) electrons. The highest BCUT2D eigenvalue weighted by molar-refractivity contribution is 5.92. The van der Waals surface area contributed by atoms with Gasteiger partial charge in [-0.2, -0.15) is 0 Å². The summed E-state index contributed by atoms with van der Waals surface area (Å²) in [4.78, 5) is 17.2. The number of aromatic nitrogens is 1. The van der Waals surface area contributed by atoms with Crippen molar-refractivity contribution in [2.24, 2.45) is 47.3 Å². The fourth-order valence-corrected chi connectivity index (χ4v) is 9.20. The molecule has 6 fully saturated rings. The van der Waals surface area contributed by atoms with Crippen molar-refractivity contribution in [3.63, 3.8) is 0 Å². The van der Waals surface area contributed by atoms with E-state index in [0.717, 1.165) is 54.2 Å². The first-order valence-electron chi connectivity index (χ1n) is 11.1. The van der Waals surface area contributed by atoms with E-state index in [1.807, 2.05) is 0 Å². The molecule has 1 amide bonds. The number of oxazole rings is 1. The van der Waals surface area contributed by atoms with Gasteiger partial charge in [0.15, 0.2) is 11.6 Å². The lowest BCUT2D eigenvalue weighted by molar-refractivity contribution is -0.126. The lowest BCUT2D eigenvalue weighted by atomic mass is 9.56. The molecule has 6 aliphatic rings. The third-order valence-corrected chi connectivity index (χ3v) is 9.76. The van der Waals surface area contributed by atoms with Crippen molar-refractivity contribution in [1.82, 2.24) is 10.3 Å². The van der Waals surface area contributed by atoms with E-state index in [2.05, 4.69) is 10.3 Å². The molecule has 9 unspecified atom stereocenters. The quantitative estimate of drug-likeness (QED) is 0.857. The standard InChI is InChI=1S/C22H28N2O3/c25-20(15-8-27-21(24-15)10-4-2-1-3-5-10)23-9-22(26)18-12-7-13-16-11(12)6-14(18)17(16)19(13)22/h8,10-14,16-19,26H,1-7,9H2,(H,23,25). The molecule has 0 spiro atoms. The molecule has 27 heavy (non-hydrogen) atoms. The molecule has 6 saturated carbocycles. The fraction of sp³-hybridized carbons (Fsp3) is 0.818. The van der Waals surface area contributed by atoms with E-state index >= 15 is 0 Å². The van der Waals surface area contributed by atoms with Crippen molar-refractivity contribution in [1.29, 1.82) is 0 Å². The second kappa shape index (κ2) is 4.97. The summed E-state index contributed by atoms with van der Waals surface area (Å²) >= 11 is 0. The molecule has 1 heterocycles. The van der Waals surface area contributed by atoms with Gasteiger partial charge in [0, 0.05) is 12.5 Å². The van der Waals surface area contributed by atoms with Gasteiger partial charge in [-0.05, 0) is 73.0 Å². The third-order valence-electron chi connectivity index (χ3n) is 9.76. The molecular formula is C22H28N2O3. The van der Waals surface area contributed by atoms with Crippen LogP contribution in [0.5, 0.6) is 0 Å². The van der Waals surface area contributed by atoms with E-state index in [9.17, 15) is 9.90 Å². The van der Waals surface area contributed by atoms with E-state index < -0.39 is 5.60 Å².